The first-order valence-electron chi connectivity index (χ1n) is 8.43. The molecule has 0 radical (unpaired) electrons. The molecule has 1 spiro atoms. The van der Waals surface area contributed by atoms with Gasteiger partial charge in [-0.1, -0.05) is 43.7 Å². The first-order valence-corrected chi connectivity index (χ1v) is 8.43. The molecule has 0 N–H and O–H groups in total. The number of fused-ring (bicyclic) bond motifs is 5. The molecule has 2 bridgehead atoms. The van der Waals surface area contributed by atoms with Crippen LogP contribution in [0.25, 0.3) is 0 Å². The lowest BCUT2D eigenvalue weighted by molar-refractivity contribution is -0.126. The molecule has 2 atom stereocenters. The molecule has 1 aromatic carbocycles. The number of benzene rings is 1. The van der Waals surface area contributed by atoms with Gasteiger partial charge in [0.15, 0.2) is 0 Å². The van der Waals surface area contributed by atoms with E-state index < -0.39 is 0 Å². The molecule has 1 aromatic rings. The minimum Gasteiger partial charge on any atom is -0.299 e. The summed E-state index contributed by atoms with van der Waals surface area (Å²) in [5.41, 5.74) is 5.79. The fourth-order valence-electron chi connectivity index (χ4n) is 5.05. The van der Waals surface area contributed by atoms with Crippen molar-refractivity contribution in [3.8, 4) is 0 Å². The predicted octanol–water partition coefficient (Wildman–Crippen LogP) is 4.38. The van der Waals surface area contributed by atoms with Gasteiger partial charge in [-0.05, 0) is 60.6 Å². The van der Waals surface area contributed by atoms with Gasteiger partial charge in [0, 0.05) is 6.42 Å². The molecule has 1 fully saturated rings. The third kappa shape index (κ3) is 1.79. The molecule has 0 aromatic heterocycles. The first-order chi connectivity index (χ1) is 10.1. The number of hydrogen-bond acceptors (Lipinski definition) is 1. The number of carbonyl (C=O) groups excluding carboxylic acids is 1. The molecular formula is C20H24O. The van der Waals surface area contributed by atoms with E-state index in [4.69, 9.17) is 0 Å². The SMILES string of the molecule is CC(C)Cc1cccc2c1CCC(=O)C21CC2=CCC1C2. The highest BCUT2D eigenvalue weighted by Crippen LogP contribution is 2.57. The molecule has 2 unspecified atom stereocenters. The highest BCUT2D eigenvalue weighted by Gasteiger charge is 2.55. The van der Waals surface area contributed by atoms with Crippen LogP contribution in [0.2, 0.25) is 0 Å². The van der Waals surface area contributed by atoms with Crippen molar-refractivity contribution in [1.82, 2.24) is 0 Å². The molecule has 3 aliphatic rings. The fraction of sp³-hybridized carbons (Fsp3) is 0.550. The van der Waals surface area contributed by atoms with Crippen LogP contribution in [-0.2, 0) is 23.1 Å². The number of carbonyl (C=O) groups is 1. The normalized spacial score (nSPS) is 30.1. The van der Waals surface area contributed by atoms with E-state index in [9.17, 15) is 4.79 Å². The Morgan fingerprint density at radius 1 is 1.29 bits per heavy atom. The highest BCUT2D eigenvalue weighted by atomic mass is 16.1. The second kappa shape index (κ2) is 4.56. The molecule has 3 aliphatic carbocycles. The molecule has 110 valence electrons. The smallest absolute Gasteiger partial charge is 0.144 e. The van der Waals surface area contributed by atoms with Gasteiger partial charge in [-0.2, -0.15) is 0 Å². The van der Waals surface area contributed by atoms with E-state index in [2.05, 4.69) is 38.1 Å². The minimum absolute atomic E-state index is 0.148. The van der Waals surface area contributed by atoms with Crippen LogP contribution >= 0.6 is 0 Å². The highest BCUT2D eigenvalue weighted by molar-refractivity contribution is 5.94. The number of rotatable bonds is 2. The molecule has 0 heterocycles. The maximum Gasteiger partial charge on any atom is 0.144 e. The van der Waals surface area contributed by atoms with E-state index >= 15 is 0 Å². The zero-order chi connectivity index (χ0) is 14.6. The van der Waals surface area contributed by atoms with Crippen molar-refractivity contribution in [2.75, 3.05) is 0 Å². The Hall–Kier alpha value is -1.37. The van der Waals surface area contributed by atoms with Gasteiger partial charge in [0.2, 0.25) is 0 Å². The van der Waals surface area contributed by atoms with Gasteiger partial charge in [-0.3, -0.25) is 4.79 Å². The van der Waals surface area contributed by atoms with Crippen LogP contribution < -0.4 is 0 Å². The molecular weight excluding hydrogens is 256 g/mol. The van der Waals surface area contributed by atoms with E-state index in [-0.39, 0.29) is 5.41 Å². The monoisotopic (exact) mass is 280 g/mol. The van der Waals surface area contributed by atoms with Crippen LogP contribution in [0.1, 0.15) is 56.2 Å². The van der Waals surface area contributed by atoms with E-state index in [0.29, 0.717) is 17.6 Å². The number of allylic oxidation sites excluding steroid dienone is 2. The van der Waals surface area contributed by atoms with Crippen molar-refractivity contribution in [2.45, 2.75) is 57.8 Å². The zero-order valence-corrected chi connectivity index (χ0v) is 13.1. The summed E-state index contributed by atoms with van der Waals surface area (Å²) >= 11 is 0. The maximum absolute atomic E-state index is 12.9. The minimum atomic E-state index is -0.148. The summed E-state index contributed by atoms with van der Waals surface area (Å²) in [6.45, 7) is 4.57. The van der Waals surface area contributed by atoms with E-state index in [1.165, 1.54) is 28.7 Å². The third-order valence-corrected chi connectivity index (χ3v) is 5.88. The van der Waals surface area contributed by atoms with Crippen molar-refractivity contribution in [3.63, 3.8) is 0 Å². The van der Waals surface area contributed by atoms with Crippen molar-refractivity contribution in [2.24, 2.45) is 11.8 Å². The van der Waals surface area contributed by atoms with E-state index in [0.717, 1.165) is 32.1 Å². The molecule has 0 saturated heterocycles. The Labute approximate surface area is 127 Å². The van der Waals surface area contributed by atoms with Crippen LogP contribution in [0.5, 0.6) is 0 Å². The van der Waals surface area contributed by atoms with Crippen molar-refractivity contribution >= 4 is 5.78 Å². The average molecular weight is 280 g/mol. The van der Waals surface area contributed by atoms with Gasteiger partial charge < -0.3 is 0 Å². The first kappa shape index (κ1) is 13.3. The Balaban J connectivity index is 1.86. The topological polar surface area (TPSA) is 17.1 Å². The summed E-state index contributed by atoms with van der Waals surface area (Å²) in [4.78, 5) is 12.9. The molecule has 1 heteroatoms. The maximum atomic E-state index is 12.9. The lowest BCUT2D eigenvalue weighted by Gasteiger charge is -2.40. The van der Waals surface area contributed by atoms with Crippen molar-refractivity contribution < 1.29 is 4.79 Å². The second-order valence-corrected chi connectivity index (χ2v) is 7.61. The van der Waals surface area contributed by atoms with Crippen molar-refractivity contribution in [1.29, 1.82) is 0 Å². The summed E-state index contributed by atoms with van der Waals surface area (Å²) in [7, 11) is 0. The summed E-state index contributed by atoms with van der Waals surface area (Å²) in [5, 5.41) is 0. The second-order valence-electron chi connectivity index (χ2n) is 7.61. The predicted molar refractivity (Wildman–Crippen MR) is 85.4 cm³/mol. The van der Waals surface area contributed by atoms with Gasteiger partial charge >= 0.3 is 0 Å². The quantitative estimate of drug-likeness (QED) is 0.735. The van der Waals surface area contributed by atoms with Gasteiger partial charge in [0.05, 0.1) is 5.41 Å². The standard InChI is InChI=1S/C20H24O/c1-13(2)10-15-4-3-5-18-17(15)8-9-19(21)20(18)12-14-6-7-16(20)11-14/h3-6,13,16H,7-12H2,1-2H3. The number of hydrogen-bond donors (Lipinski definition) is 0. The zero-order valence-electron chi connectivity index (χ0n) is 13.1. The van der Waals surface area contributed by atoms with Crippen LogP contribution in [0.3, 0.4) is 0 Å². The van der Waals surface area contributed by atoms with Gasteiger partial charge in [-0.25, -0.2) is 0 Å². The average Bonchev–Trinajstić information content (AvgIpc) is 3.04. The van der Waals surface area contributed by atoms with Crippen molar-refractivity contribution in [3.05, 3.63) is 46.5 Å². The molecule has 4 rings (SSSR count). The Bertz CT molecular complexity index is 637. The largest absolute Gasteiger partial charge is 0.299 e. The fourth-order valence-corrected chi connectivity index (χ4v) is 5.05. The number of Topliss-reactive ketones (excluding diaryl/α,β-unsaturated/α-hetero) is 1. The van der Waals surface area contributed by atoms with Gasteiger partial charge in [0.25, 0.3) is 0 Å². The van der Waals surface area contributed by atoms with E-state index in [1.54, 1.807) is 0 Å². The Morgan fingerprint density at radius 2 is 2.14 bits per heavy atom. The lowest BCUT2D eigenvalue weighted by Crippen LogP contribution is -2.44. The summed E-state index contributed by atoms with van der Waals surface area (Å²) in [5.74, 6) is 1.74. The van der Waals surface area contributed by atoms with Gasteiger partial charge in [-0.15, -0.1) is 0 Å². The Morgan fingerprint density at radius 3 is 2.81 bits per heavy atom. The molecule has 0 aliphatic heterocycles. The summed E-state index contributed by atoms with van der Waals surface area (Å²) in [6.07, 6.45) is 8.54. The molecule has 0 amide bonds. The van der Waals surface area contributed by atoms with Crippen LogP contribution in [0.4, 0.5) is 0 Å². The van der Waals surface area contributed by atoms with Gasteiger partial charge in [0.1, 0.15) is 5.78 Å². The third-order valence-electron chi connectivity index (χ3n) is 5.88. The summed E-state index contributed by atoms with van der Waals surface area (Å²) in [6, 6.07) is 6.74. The Kier molecular flexibility index (Phi) is 2.89. The molecule has 21 heavy (non-hydrogen) atoms. The van der Waals surface area contributed by atoms with Crippen LogP contribution in [-0.4, -0.2) is 5.78 Å². The van der Waals surface area contributed by atoms with Crippen LogP contribution in [0.15, 0.2) is 29.8 Å². The number of ketones is 1. The van der Waals surface area contributed by atoms with E-state index in [1.807, 2.05) is 0 Å². The lowest BCUT2D eigenvalue weighted by atomic mass is 9.61. The van der Waals surface area contributed by atoms with Crippen LogP contribution in [0, 0.1) is 11.8 Å². The molecule has 1 nitrogen and oxygen atoms in total. The summed E-state index contributed by atoms with van der Waals surface area (Å²) < 4.78 is 0. The molecule has 1 saturated carbocycles.